The summed E-state index contributed by atoms with van der Waals surface area (Å²) in [6.07, 6.45) is 0. The second-order valence-corrected chi connectivity index (χ2v) is 10.6. The lowest BCUT2D eigenvalue weighted by Gasteiger charge is -2.33. The van der Waals surface area contributed by atoms with Gasteiger partial charge in [-0.3, -0.25) is 9.59 Å². The molecule has 0 spiro atoms. The fourth-order valence-electron chi connectivity index (χ4n) is 3.28. The third kappa shape index (κ3) is 3.88. The van der Waals surface area contributed by atoms with E-state index in [-0.39, 0.29) is 46.5 Å². The molecule has 0 unspecified atom stereocenters. The van der Waals surface area contributed by atoms with Gasteiger partial charge in [-0.2, -0.15) is 11.8 Å². The maximum absolute atomic E-state index is 13.4. The monoisotopic (exact) mass is 537 g/mol. The van der Waals surface area contributed by atoms with Crippen molar-refractivity contribution in [3.8, 4) is 0 Å². The van der Waals surface area contributed by atoms with Gasteiger partial charge < -0.3 is 4.90 Å². The Morgan fingerprint density at radius 1 is 0.767 bits per heavy atom. The first-order valence-corrected chi connectivity index (χ1v) is 12.6. The second kappa shape index (κ2) is 9.14. The molecule has 2 aromatic carbocycles. The summed E-state index contributed by atoms with van der Waals surface area (Å²) in [6, 6.07) is 6.79. The first kappa shape index (κ1) is 22.7. The smallest absolute Gasteiger partial charge is 0.211 e. The van der Waals surface area contributed by atoms with E-state index in [1.807, 2.05) is 4.90 Å². The van der Waals surface area contributed by atoms with Crippen molar-refractivity contribution in [2.45, 2.75) is 4.90 Å². The lowest BCUT2D eigenvalue weighted by molar-refractivity contribution is 0.0950. The molecule has 1 saturated heterocycles. The highest BCUT2D eigenvalue weighted by molar-refractivity contribution is 8.04. The van der Waals surface area contributed by atoms with Crippen molar-refractivity contribution in [1.82, 2.24) is 4.90 Å². The maximum atomic E-state index is 13.4. The van der Waals surface area contributed by atoms with E-state index >= 15 is 0 Å². The highest BCUT2D eigenvalue weighted by Crippen LogP contribution is 2.51. The molecule has 0 atom stereocenters. The van der Waals surface area contributed by atoms with E-state index in [2.05, 4.69) is 0 Å². The van der Waals surface area contributed by atoms with Crippen LogP contribution in [0, 0.1) is 0 Å². The lowest BCUT2D eigenvalue weighted by atomic mass is 9.92. The first-order valence-electron chi connectivity index (χ1n) is 8.77. The summed E-state index contributed by atoms with van der Waals surface area (Å²) in [7, 11) is 0. The molecular formula is C20H12Cl5NO2S2. The highest BCUT2D eigenvalue weighted by Gasteiger charge is 2.37. The van der Waals surface area contributed by atoms with Gasteiger partial charge in [0.2, 0.25) is 11.6 Å². The number of fused-ring (bicyclic) bond motifs is 1. The van der Waals surface area contributed by atoms with Crippen LogP contribution in [0.5, 0.6) is 0 Å². The number of Topliss-reactive ketones (excluding diaryl/α,β-unsaturated/α-hetero) is 2. The molecule has 156 valence electrons. The first-order chi connectivity index (χ1) is 14.3. The molecule has 0 amide bonds. The number of hydrogen-bond donors (Lipinski definition) is 0. The quantitative estimate of drug-likeness (QED) is 0.300. The van der Waals surface area contributed by atoms with Crippen LogP contribution in [0.15, 0.2) is 39.8 Å². The Labute approximate surface area is 207 Å². The van der Waals surface area contributed by atoms with Gasteiger partial charge in [-0.25, -0.2) is 0 Å². The molecule has 0 N–H and O–H groups in total. The van der Waals surface area contributed by atoms with Gasteiger partial charge in [0, 0.05) is 35.7 Å². The standard InChI is InChI=1S/C20H12Cl5NO2S2/c21-11-12(22)14(24)19(15(25)13(11)23)30-20-16(26-5-7-29-8-6-26)17(27)9-3-1-2-4-10(9)18(20)28/h1-4H,5-8H2. The zero-order chi connectivity index (χ0) is 21.6. The van der Waals surface area contributed by atoms with Gasteiger partial charge in [0.1, 0.15) is 5.70 Å². The number of thioether (sulfide) groups is 2. The molecule has 1 fully saturated rings. The summed E-state index contributed by atoms with van der Waals surface area (Å²) in [4.78, 5) is 29.3. The third-order valence-electron chi connectivity index (χ3n) is 4.75. The second-order valence-electron chi connectivity index (χ2n) is 6.48. The van der Waals surface area contributed by atoms with Crippen LogP contribution in [0.3, 0.4) is 0 Å². The SMILES string of the molecule is O=C1C(Sc2c(Cl)c(Cl)c(Cl)c(Cl)c2Cl)=C(N2CCSCC2)C(=O)c2ccccc21. The van der Waals surface area contributed by atoms with Crippen LogP contribution >= 0.6 is 81.5 Å². The number of benzene rings is 2. The van der Waals surface area contributed by atoms with Crippen molar-refractivity contribution >= 4 is 93.1 Å². The Hall–Kier alpha value is -0.530. The Bertz CT molecular complexity index is 1080. The number of carbonyl (C=O) groups excluding carboxylic acids is 2. The Morgan fingerprint density at radius 3 is 1.83 bits per heavy atom. The van der Waals surface area contributed by atoms with Crippen molar-refractivity contribution in [3.05, 3.63) is 71.1 Å². The molecule has 1 aliphatic heterocycles. The van der Waals surface area contributed by atoms with Crippen LogP contribution in [-0.4, -0.2) is 41.1 Å². The van der Waals surface area contributed by atoms with Crippen molar-refractivity contribution in [2.24, 2.45) is 0 Å². The molecule has 0 aromatic heterocycles. The molecule has 4 rings (SSSR count). The highest BCUT2D eigenvalue weighted by atomic mass is 35.5. The van der Waals surface area contributed by atoms with E-state index in [1.54, 1.807) is 36.0 Å². The van der Waals surface area contributed by atoms with Crippen LogP contribution in [0.4, 0.5) is 0 Å². The van der Waals surface area contributed by atoms with Gasteiger partial charge in [0.25, 0.3) is 0 Å². The summed E-state index contributed by atoms with van der Waals surface area (Å²) in [6.45, 7) is 1.32. The van der Waals surface area contributed by atoms with Crippen LogP contribution in [-0.2, 0) is 0 Å². The van der Waals surface area contributed by atoms with Crippen molar-refractivity contribution in [2.75, 3.05) is 24.6 Å². The molecule has 0 bridgehead atoms. The van der Waals surface area contributed by atoms with Crippen LogP contribution in [0.25, 0.3) is 0 Å². The molecule has 2 aromatic rings. The molecular weight excluding hydrogens is 528 g/mol. The zero-order valence-corrected chi connectivity index (χ0v) is 20.5. The van der Waals surface area contributed by atoms with E-state index in [4.69, 9.17) is 58.0 Å². The zero-order valence-electron chi connectivity index (χ0n) is 15.1. The van der Waals surface area contributed by atoms with Crippen molar-refractivity contribution < 1.29 is 9.59 Å². The number of hydrogen-bond acceptors (Lipinski definition) is 5. The molecule has 1 aliphatic carbocycles. The van der Waals surface area contributed by atoms with E-state index < -0.39 is 0 Å². The third-order valence-corrected chi connectivity index (χ3v) is 9.39. The number of halogens is 5. The minimum Gasteiger partial charge on any atom is -0.366 e. The van der Waals surface area contributed by atoms with E-state index in [0.29, 0.717) is 29.9 Å². The van der Waals surface area contributed by atoms with Crippen molar-refractivity contribution in [1.29, 1.82) is 0 Å². The number of ketones is 2. The van der Waals surface area contributed by atoms with E-state index in [0.717, 1.165) is 23.3 Å². The summed E-state index contributed by atoms with van der Waals surface area (Å²) >= 11 is 34.1. The minimum absolute atomic E-state index is 0.0383. The average Bonchev–Trinajstić information content (AvgIpc) is 2.77. The predicted molar refractivity (Wildman–Crippen MR) is 128 cm³/mol. The summed E-state index contributed by atoms with van der Waals surface area (Å²) in [5.74, 6) is 1.27. The summed E-state index contributed by atoms with van der Waals surface area (Å²) in [5, 5.41) is 0.294. The Balaban J connectivity index is 1.90. The van der Waals surface area contributed by atoms with Crippen LogP contribution in [0.1, 0.15) is 20.7 Å². The molecule has 2 aliphatic rings. The topological polar surface area (TPSA) is 37.4 Å². The molecule has 10 heteroatoms. The van der Waals surface area contributed by atoms with Crippen LogP contribution < -0.4 is 0 Å². The summed E-state index contributed by atoms with van der Waals surface area (Å²) in [5.41, 5.74) is 1.10. The summed E-state index contributed by atoms with van der Waals surface area (Å²) < 4.78 is 0. The molecule has 0 radical (unpaired) electrons. The van der Waals surface area contributed by atoms with Gasteiger partial charge in [0.05, 0.1) is 34.9 Å². The fraction of sp³-hybridized carbons (Fsp3) is 0.200. The van der Waals surface area contributed by atoms with Gasteiger partial charge in [-0.15, -0.1) is 0 Å². The van der Waals surface area contributed by atoms with Gasteiger partial charge >= 0.3 is 0 Å². The fourth-order valence-corrected chi connectivity index (χ4v) is 6.78. The average molecular weight is 540 g/mol. The molecule has 1 heterocycles. The lowest BCUT2D eigenvalue weighted by Crippen LogP contribution is -2.38. The van der Waals surface area contributed by atoms with Gasteiger partial charge in [-0.05, 0) is 0 Å². The number of carbonyl (C=O) groups is 2. The number of nitrogens with zero attached hydrogens (tertiary/aromatic N) is 1. The van der Waals surface area contributed by atoms with Gasteiger partial charge in [-0.1, -0.05) is 94.0 Å². The Kier molecular flexibility index (Phi) is 6.91. The van der Waals surface area contributed by atoms with Crippen LogP contribution in [0.2, 0.25) is 25.1 Å². The number of rotatable bonds is 3. The minimum atomic E-state index is -0.266. The largest absolute Gasteiger partial charge is 0.366 e. The Morgan fingerprint density at radius 2 is 1.27 bits per heavy atom. The predicted octanol–water partition coefficient (Wildman–Crippen LogP) is 7.39. The molecule has 3 nitrogen and oxygen atoms in total. The maximum Gasteiger partial charge on any atom is 0.211 e. The van der Waals surface area contributed by atoms with Gasteiger partial charge in [0.15, 0.2) is 0 Å². The number of allylic oxidation sites excluding steroid dienone is 2. The molecule has 30 heavy (non-hydrogen) atoms. The van der Waals surface area contributed by atoms with Crippen molar-refractivity contribution in [3.63, 3.8) is 0 Å². The molecule has 0 saturated carbocycles. The van der Waals surface area contributed by atoms with E-state index in [1.165, 1.54) is 0 Å². The normalized spacial score (nSPS) is 16.9. The van der Waals surface area contributed by atoms with E-state index in [9.17, 15) is 9.59 Å².